The molecule has 1 amide bonds. The van der Waals surface area contributed by atoms with Gasteiger partial charge in [-0.2, -0.15) is 0 Å². The van der Waals surface area contributed by atoms with Crippen molar-refractivity contribution in [2.75, 3.05) is 31.6 Å². The van der Waals surface area contributed by atoms with Crippen molar-refractivity contribution >= 4 is 11.6 Å². The molecular weight excluding hydrogens is 254 g/mol. The Hall–Kier alpha value is -1.43. The lowest BCUT2D eigenvalue weighted by Crippen LogP contribution is -2.52. The molecule has 1 saturated heterocycles. The largest absolute Gasteiger partial charge is 0.374 e. The molecule has 2 unspecified atom stereocenters. The fourth-order valence-electron chi connectivity index (χ4n) is 2.35. The molecule has 1 aromatic rings. The molecule has 1 heterocycles. The molecule has 5 nitrogen and oxygen atoms in total. The van der Waals surface area contributed by atoms with Crippen LogP contribution in [0.1, 0.15) is 12.5 Å². The summed E-state index contributed by atoms with van der Waals surface area (Å²) < 4.78 is 5.59. The van der Waals surface area contributed by atoms with Crippen molar-refractivity contribution in [3.63, 3.8) is 0 Å². The number of amides is 1. The molecule has 2 atom stereocenters. The quantitative estimate of drug-likeness (QED) is 0.861. The van der Waals surface area contributed by atoms with E-state index in [-0.39, 0.29) is 18.1 Å². The molecule has 0 radical (unpaired) electrons. The van der Waals surface area contributed by atoms with Crippen molar-refractivity contribution in [3.05, 3.63) is 29.8 Å². The van der Waals surface area contributed by atoms with Crippen molar-refractivity contribution in [1.29, 1.82) is 0 Å². The third-order valence-electron chi connectivity index (χ3n) is 3.55. The van der Waals surface area contributed by atoms with Crippen molar-refractivity contribution in [1.82, 2.24) is 4.90 Å². The van der Waals surface area contributed by atoms with Crippen LogP contribution >= 0.6 is 0 Å². The Labute approximate surface area is 120 Å². The summed E-state index contributed by atoms with van der Waals surface area (Å²) in [5.41, 5.74) is 7.60. The minimum atomic E-state index is 0.000112. The smallest absolute Gasteiger partial charge is 0.238 e. The van der Waals surface area contributed by atoms with E-state index in [9.17, 15) is 4.79 Å². The third-order valence-corrected chi connectivity index (χ3v) is 3.55. The normalized spacial score (nSPS) is 23.6. The van der Waals surface area contributed by atoms with Crippen LogP contribution in [-0.4, -0.2) is 49.2 Å². The number of anilines is 1. The van der Waals surface area contributed by atoms with E-state index >= 15 is 0 Å². The van der Waals surface area contributed by atoms with E-state index in [1.54, 1.807) is 0 Å². The van der Waals surface area contributed by atoms with Gasteiger partial charge in [-0.15, -0.1) is 0 Å². The number of nitrogens with zero attached hydrogens (tertiary/aromatic N) is 1. The number of hydrogen-bond acceptors (Lipinski definition) is 4. The van der Waals surface area contributed by atoms with Crippen LogP contribution in [0.2, 0.25) is 0 Å². The van der Waals surface area contributed by atoms with Crippen molar-refractivity contribution in [3.8, 4) is 0 Å². The fraction of sp³-hybridized carbons (Fsp3) is 0.533. The minimum absolute atomic E-state index is 0.000112. The first-order valence-electron chi connectivity index (χ1n) is 7.00. The van der Waals surface area contributed by atoms with Crippen LogP contribution in [0.3, 0.4) is 0 Å². The van der Waals surface area contributed by atoms with Crippen LogP contribution < -0.4 is 11.1 Å². The van der Waals surface area contributed by atoms with Crippen LogP contribution in [0.15, 0.2) is 24.3 Å². The third kappa shape index (κ3) is 4.03. The van der Waals surface area contributed by atoms with Gasteiger partial charge in [-0.05, 0) is 31.5 Å². The molecule has 1 aromatic carbocycles. The highest BCUT2D eigenvalue weighted by molar-refractivity contribution is 5.92. The zero-order valence-corrected chi connectivity index (χ0v) is 12.1. The number of rotatable bonds is 4. The molecule has 20 heavy (non-hydrogen) atoms. The van der Waals surface area contributed by atoms with Gasteiger partial charge in [0.2, 0.25) is 5.91 Å². The van der Waals surface area contributed by atoms with E-state index in [1.165, 1.54) is 0 Å². The summed E-state index contributed by atoms with van der Waals surface area (Å²) in [5, 5.41) is 2.93. The van der Waals surface area contributed by atoms with Crippen LogP contribution in [0.4, 0.5) is 5.69 Å². The van der Waals surface area contributed by atoms with Gasteiger partial charge in [0.25, 0.3) is 0 Å². The molecule has 1 fully saturated rings. The number of aryl methyl sites for hydroxylation is 1. The summed E-state index contributed by atoms with van der Waals surface area (Å²) in [6, 6.07) is 8.04. The number of ether oxygens (including phenoxy) is 1. The number of morpholine rings is 1. The second-order valence-electron chi connectivity index (χ2n) is 5.39. The van der Waals surface area contributed by atoms with Crippen LogP contribution in [-0.2, 0) is 9.53 Å². The number of hydrogen-bond donors (Lipinski definition) is 2. The molecule has 110 valence electrons. The first-order chi connectivity index (χ1) is 9.58. The Morgan fingerprint density at radius 3 is 3.05 bits per heavy atom. The molecule has 0 aliphatic carbocycles. The number of benzene rings is 1. The lowest BCUT2D eigenvalue weighted by Gasteiger charge is -2.37. The van der Waals surface area contributed by atoms with Crippen molar-refractivity contribution in [2.45, 2.75) is 26.0 Å². The minimum Gasteiger partial charge on any atom is -0.374 e. The molecule has 5 heteroatoms. The van der Waals surface area contributed by atoms with Crippen molar-refractivity contribution < 1.29 is 9.53 Å². The fourth-order valence-corrected chi connectivity index (χ4v) is 2.35. The molecule has 0 saturated carbocycles. The Morgan fingerprint density at radius 2 is 2.35 bits per heavy atom. The van der Waals surface area contributed by atoms with Gasteiger partial charge in [0.1, 0.15) is 0 Å². The lowest BCUT2D eigenvalue weighted by atomic mass is 10.2. The maximum absolute atomic E-state index is 12.1. The topological polar surface area (TPSA) is 67.6 Å². The lowest BCUT2D eigenvalue weighted by molar-refractivity contribution is -0.121. The van der Waals surface area contributed by atoms with Gasteiger partial charge in [0, 0.05) is 24.8 Å². The SMILES string of the molecule is Cc1cccc(NC(=O)CN2CC(CN)OCC2C)c1. The zero-order chi connectivity index (χ0) is 14.5. The molecular formula is C15H23N3O2. The maximum atomic E-state index is 12.1. The highest BCUT2D eigenvalue weighted by Gasteiger charge is 2.26. The van der Waals surface area contributed by atoms with Crippen LogP contribution in [0.5, 0.6) is 0 Å². The van der Waals surface area contributed by atoms with Crippen LogP contribution in [0, 0.1) is 6.92 Å². The van der Waals surface area contributed by atoms with Gasteiger partial charge in [0.15, 0.2) is 0 Å². The molecule has 3 N–H and O–H groups in total. The first-order valence-corrected chi connectivity index (χ1v) is 7.00. The van der Waals surface area contributed by atoms with Gasteiger partial charge < -0.3 is 15.8 Å². The zero-order valence-electron chi connectivity index (χ0n) is 12.1. The molecule has 0 bridgehead atoms. The van der Waals surface area contributed by atoms with Gasteiger partial charge >= 0.3 is 0 Å². The molecule has 0 aromatic heterocycles. The van der Waals surface area contributed by atoms with Crippen LogP contribution in [0.25, 0.3) is 0 Å². The van der Waals surface area contributed by atoms with Crippen molar-refractivity contribution in [2.24, 2.45) is 5.73 Å². The van der Waals surface area contributed by atoms with Gasteiger partial charge in [-0.3, -0.25) is 9.69 Å². The summed E-state index contributed by atoms with van der Waals surface area (Å²) >= 11 is 0. The Kier molecular flexibility index (Phi) is 5.11. The van der Waals surface area contributed by atoms with E-state index in [1.807, 2.05) is 31.2 Å². The summed E-state index contributed by atoms with van der Waals surface area (Å²) in [6.45, 7) is 6.26. The number of nitrogens with two attached hydrogens (primary N) is 1. The Morgan fingerprint density at radius 1 is 1.55 bits per heavy atom. The molecule has 2 rings (SSSR count). The number of nitrogens with one attached hydrogen (secondary N) is 1. The highest BCUT2D eigenvalue weighted by atomic mass is 16.5. The highest BCUT2D eigenvalue weighted by Crippen LogP contribution is 2.12. The van der Waals surface area contributed by atoms with E-state index in [2.05, 4.69) is 17.1 Å². The van der Waals surface area contributed by atoms with E-state index in [0.717, 1.165) is 11.3 Å². The monoisotopic (exact) mass is 277 g/mol. The Balaban J connectivity index is 1.90. The summed E-state index contributed by atoms with van der Waals surface area (Å²) in [6.07, 6.45) is 0.0259. The Bertz CT molecular complexity index is 464. The number of carbonyl (C=O) groups is 1. The van der Waals surface area contributed by atoms with E-state index in [0.29, 0.717) is 26.2 Å². The second-order valence-corrected chi connectivity index (χ2v) is 5.39. The van der Waals surface area contributed by atoms with Gasteiger partial charge in [-0.1, -0.05) is 12.1 Å². The first kappa shape index (κ1) is 15.0. The van der Waals surface area contributed by atoms with E-state index in [4.69, 9.17) is 10.5 Å². The standard InChI is InChI=1S/C15H23N3O2/c1-11-4-3-5-13(6-11)17-15(19)9-18-8-14(7-16)20-10-12(18)2/h3-6,12,14H,7-10,16H2,1-2H3,(H,17,19). The molecule has 0 spiro atoms. The van der Waals surface area contributed by atoms with Gasteiger partial charge in [0.05, 0.1) is 19.3 Å². The maximum Gasteiger partial charge on any atom is 0.238 e. The number of carbonyl (C=O) groups excluding carboxylic acids is 1. The summed E-state index contributed by atoms with van der Waals surface area (Å²) in [4.78, 5) is 14.2. The predicted molar refractivity (Wildman–Crippen MR) is 79.6 cm³/mol. The molecule has 1 aliphatic heterocycles. The summed E-state index contributed by atoms with van der Waals surface area (Å²) in [7, 11) is 0. The summed E-state index contributed by atoms with van der Waals surface area (Å²) in [5.74, 6) is 0.000112. The molecule has 1 aliphatic rings. The van der Waals surface area contributed by atoms with E-state index < -0.39 is 0 Å². The second kappa shape index (κ2) is 6.83. The predicted octanol–water partition coefficient (Wildman–Crippen LogP) is 0.982. The average molecular weight is 277 g/mol. The van der Waals surface area contributed by atoms with Gasteiger partial charge in [-0.25, -0.2) is 0 Å². The average Bonchev–Trinajstić information content (AvgIpc) is 2.41.